The van der Waals surface area contributed by atoms with Gasteiger partial charge in [-0.1, -0.05) is 46.8 Å². The molecule has 1 amide bonds. The lowest BCUT2D eigenvalue weighted by molar-refractivity contribution is -0.151. The SMILES string of the molecule is CC(C)COC(=O)CC(=O)N(CN[C@H](C(=O)O)C(C)(C)C)Cc1cccc(F)c1F. The molecule has 30 heavy (non-hydrogen) atoms. The Labute approximate surface area is 175 Å². The van der Waals surface area contributed by atoms with Crippen LogP contribution in [0.15, 0.2) is 18.2 Å². The first-order chi connectivity index (χ1) is 13.8. The van der Waals surface area contributed by atoms with Gasteiger partial charge >= 0.3 is 11.9 Å². The van der Waals surface area contributed by atoms with Crippen molar-refractivity contribution in [2.75, 3.05) is 13.3 Å². The normalized spacial score (nSPS) is 12.5. The molecule has 0 fully saturated rings. The maximum atomic E-state index is 14.1. The second-order valence-electron chi connectivity index (χ2n) is 8.56. The predicted molar refractivity (Wildman–Crippen MR) is 106 cm³/mol. The molecule has 1 rings (SSSR count). The van der Waals surface area contributed by atoms with E-state index >= 15 is 0 Å². The molecule has 7 nitrogen and oxygen atoms in total. The van der Waals surface area contributed by atoms with Crippen molar-refractivity contribution < 1.29 is 33.0 Å². The fourth-order valence-corrected chi connectivity index (χ4v) is 2.62. The van der Waals surface area contributed by atoms with Crippen LogP contribution in [0, 0.1) is 23.0 Å². The molecule has 168 valence electrons. The molecule has 1 aromatic rings. The quantitative estimate of drug-likeness (QED) is 0.338. The monoisotopic (exact) mass is 428 g/mol. The van der Waals surface area contributed by atoms with Gasteiger partial charge in [0.2, 0.25) is 5.91 Å². The average molecular weight is 428 g/mol. The third kappa shape index (κ3) is 8.06. The topological polar surface area (TPSA) is 95.9 Å². The van der Waals surface area contributed by atoms with Crippen molar-refractivity contribution in [1.82, 2.24) is 10.2 Å². The molecule has 0 aliphatic heterocycles. The van der Waals surface area contributed by atoms with E-state index in [0.717, 1.165) is 11.0 Å². The van der Waals surface area contributed by atoms with Crippen LogP contribution in [0.2, 0.25) is 0 Å². The van der Waals surface area contributed by atoms with Crippen LogP contribution in [0.1, 0.15) is 46.6 Å². The number of benzene rings is 1. The molecule has 9 heteroatoms. The van der Waals surface area contributed by atoms with Gasteiger partial charge in [0.1, 0.15) is 12.5 Å². The van der Waals surface area contributed by atoms with Crippen LogP contribution < -0.4 is 5.32 Å². The van der Waals surface area contributed by atoms with E-state index in [1.54, 1.807) is 20.8 Å². The summed E-state index contributed by atoms with van der Waals surface area (Å²) < 4.78 is 32.6. The molecule has 2 N–H and O–H groups in total. The largest absolute Gasteiger partial charge is 0.480 e. The van der Waals surface area contributed by atoms with E-state index in [9.17, 15) is 28.3 Å². The lowest BCUT2D eigenvalue weighted by Gasteiger charge is -2.31. The molecule has 0 unspecified atom stereocenters. The first kappa shape index (κ1) is 25.5. The number of rotatable bonds is 10. The highest BCUT2D eigenvalue weighted by Crippen LogP contribution is 2.20. The highest BCUT2D eigenvalue weighted by atomic mass is 19.2. The highest BCUT2D eigenvalue weighted by molar-refractivity contribution is 5.94. The zero-order valence-electron chi connectivity index (χ0n) is 18.0. The molecule has 0 aliphatic rings. The van der Waals surface area contributed by atoms with Gasteiger partial charge in [0.15, 0.2) is 11.6 Å². The second-order valence-corrected chi connectivity index (χ2v) is 8.56. The summed E-state index contributed by atoms with van der Waals surface area (Å²) in [4.78, 5) is 37.2. The number of esters is 1. The number of hydrogen-bond acceptors (Lipinski definition) is 5. The number of carboxylic acids is 1. The van der Waals surface area contributed by atoms with Crippen molar-refractivity contribution in [2.45, 2.75) is 53.6 Å². The van der Waals surface area contributed by atoms with Crippen molar-refractivity contribution in [1.29, 1.82) is 0 Å². The number of amides is 1. The van der Waals surface area contributed by atoms with Crippen molar-refractivity contribution in [3.05, 3.63) is 35.4 Å². The van der Waals surface area contributed by atoms with Crippen LogP contribution >= 0.6 is 0 Å². The Kier molecular flexibility index (Phi) is 9.35. The van der Waals surface area contributed by atoms with E-state index in [4.69, 9.17) is 4.74 Å². The number of aliphatic carboxylic acids is 1. The molecule has 0 saturated carbocycles. The number of halogens is 2. The highest BCUT2D eigenvalue weighted by Gasteiger charge is 2.32. The van der Waals surface area contributed by atoms with E-state index in [0.29, 0.717) is 0 Å². The molecular weight excluding hydrogens is 398 g/mol. The van der Waals surface area contributed by atoms with E-state index in [-0.39, 0.29) is 31.3 Å². The van der Waals surface area contributed by atoms with Crippen molar-refractivity contribution in [3.8, 4) is 0 Å². The Balaban J connectivity index is 3.00. The Bertz CT molecular complexity index is 762. The Morgan fingerprint density at radius 2 is 1.83 bits per heavy atom. The molecule has 0 heterocycles. The zero-order chi connectivity index (χ0) is 23.1. The summed E-state index contributed by atoms with van der Waals surface area (Å²) in [5.74, 6) is -4.65. The summed E-state index contributed by atoms with van der Waals surface area (Å²) >= 11 is 0. The fourth-order valence-electron chi connectivity index (χ4n) is 2.62. The van der Waals surface area contributed by atoms with Crippen molar-refractivity contribution in [2.24, 2.45) is 11.3 Å². The number of ether oxygens (including phenoxy) is 1. The standard InChI is InChI=1S/C21H30F2N2O5/c1-13(2)11-30-17(27)9-16(26)25(10-14-7-6-8-15(22)18(14)23)12-24-19(20(28)29)21(3,4)5/h6-8,13,19,24H,9-12H2,1-5H3,(H,28,29)/t19-/m1/s1. The van der Waals surface area contributed by atoms with Gasteiger partial charge in [-0.3, -0.25) is 19.7 Å². The zero-order valence-corrected chi connectivity index (χ0v) is 18.0. The van der Waals surface area contributed by atoms with Crippen LogP contribution in [-0.2, 0) is 25.7 Å². The van der Waals surface area contributed by atoms with Gasteiger partial charge in [-0.25, -0.2) is 8.78 Å². The molecule has 0 aromatic heterocycles. The van der Waals surface area contributed by atoms with E-state index in [2.05, 4.69) is 5.32 Å². The molecular formula is C21H30F2N2O5. The second kappa shape index (κ2) is 11.0. The van der Waals surface area contributed by atoms with Crippen molar-refractivity contribution >= 4 is 17.8 Å². The summed E-state index contributed by atoms with van der Waals surface area (Å²) in [7, 11) is 0. The molecule has 0 aliphatic carbocycles. The molecule has 1 atom stereocenters. The Morgan fingerprint density at radius 1 is 1.20 bits per heavy atom. The van der Waals surface area contributed by atoms with Gasteiger partial charge in [0.05, 0.1) is 13.3 Å². The minimum Gasteiger partial charge on any atom is -0.480 e. The first-order valence-corrected chi connectivity index (χ1v) is 9.65. The van der Waals surface area contributed by atoms with Gasteiger partial charge in [-0.05, 0) is 17.4 Å². The van der Waals surface area contributed by atoms with Gasteiger partial charge in [-0.2, -0.15) is 0 Å². The number of hydrogen-bond donors (Lipinski definition) is 2. The average Bonchev–Trinajstić information content (AvgIpc) is 2.61. The van der Waals surface area contributed by atoms with Gasteiger partial charge in [-0.15, -0.1) is 0 Å². The first-order valence-electron chi connectivity index (χ1n) is 9.65. The summed E-state index contributed by atoms with van der Waals surface area (Å²) in [5, 5.41) is 12.2. The molecule has 1 aromatic carbocycles. The lowest BCUT2D eigenvalue weighted by Crippen LogP contribution is -2.51. The van der Waals surface area contributed by atoms with Crippen LogP contribution in [0.25, 0.3) is 0 Å². The van der Waals surface area contributed by atoms with Crippen molar-refractivity contribution in [3.63, 3.8) is 0 Å². The van der Waals surface area contributed by atoms with Crippen LogP contribution in [0.3, 0.4) is 0 Å². The van der Waals surface area contributed by atoms with E-state index in [1.807, 2.05) is 13.8 Å². The van der Waals surface area contributed by atoms with E-state index in [1.165, 1.54) is 12.1 Å². The summed E-state index contributed by atoms with van der Waals surface area (Å²) in [5.41, 5.74) is -0.774. The Hall–Kier alpha value is -2.55. The van der Waals surface area contributed by atoms with Gasteiger partial charge in [0, 0.05) is 12.1 Å². The minimum absolute atomic E-state index is 0.0892. The predicted octanol–water partition coefficient (Wildman–Crippen LogP) is 2.93. The van der Waals surface area contributed by atoms with Crippen LogP contribution in [0.4, 0.5) is 8.78 Å². The fraction of sp³-hybridized carbons (Fsp3) is 0.571. The molecule has 0 bridgehead atoms. The molecule has 0 radical (unpaired) electrons. The van der Waals surface area contributed by atoms with Gasteiger partial charge < -0.3 is 14.7 Å². The Morgan fingerprint density at radius 3 is 2.37 bits per heavy atom. The minimum atomic E-state index is -1.12. The van der Waals surface area contributed by atoms with Crippen LogP contribution in [-0.4, -0.2) is 47.2 Å². The smallest absolute Gasteiger partial charge is 0.321 e. The lowest BCUT2D eigenvalue weighted by atomic mass is 9.87. The number of carbonyl (C=O) groups is 3. The van der Waals surface area contributed by atoms with Gasteiger partial charge in [0.25, 0.3) is 0 Å². The van der Waals surface area contributed by atoms with Crippen LogP contribution in [0.5, 0.6) is 0 Å². The maximum absolute atomic E-state index is 14.1. The molecule has 0 saturated heterocycles. The summed E-state index contributed by atoms with van der Waals surface area (Å²) in [6, 6.07) is 2.55. The van der Waals surface area contributed by atoms with E-state index < -0.39 is 47.4 Å². The number of carbonyl (C=O) groups excluding carboxylic acids is 2. The third-order valence-corrected chi connectivity index (χ3v) is 4.22. The molecule has 0 spiro atoms. The number of nitrogens with one attached hydrogen (secondary N) is 1. The number of carboxylic acid groups (broad SMARTS) is 1. The summed E-state index contributed by atoms with van der Waals surface area (Å²) in [6.07, 6.45) is -0.599. The third-order valence-electron chi connectivity index (χ3n) is 4.22. The maximum Gasteiger partial charge on any atom is 0.321 e. The summed E-state index contributed by atoms with van der Waals surface area (Å²) in [6.45, 7) is 8.34. The number of nitrogens with zero attached hydrogens (tertiary/aromatic N) is 1.